The number of amides is 1. The summed E-state index contributed by atoms with van der Waals surface area (Å²) in [6.07, 6.45) is 4.08. The van der Waals surface area contributed by atoms with Crippen molar-refractivity contribution in [2.24, 2.45) is 5.73 Å². The van der Waals surface area contributed by atoms with Gasteiger partial charge in [0.15, 0.2) is 0 Å². The lowest BCUT2D eigenvalue weighted by molar-refractivity contribution is -0.126. The standard InChI is InChI=1S/C12H25N3O3S.ClH/c1-3-19(17,18)15(2)10-6-9-14-11(16)12(13)7-4-5-8-12;/h3-10,13H2,1-2H3,(H,14,16);1H. The van der Waals surface area contributed by atoms with Crippen LogP contribution in [0, 0.1) is 0 Å². The van der Waals surface area contributed by atoms with Gasteiger partial charge in [0.1, 0.15) is 0 Å². The third-order valence-corrected chi connectivity index (χ3v) is 5.58. The predicted molar refractivity (Wildman–Crippen MR) is 82.4 cm³/mol. The fourth-order valence-corrected chi connectivity index (χ4v) is 3.12. The summed E-state index contributed by atoms with van der Waals surface area (Å²) in [7, 11) is -1.57. The highest BCUT2D eigenvalue weighted by Gasteiger charge is 2.36. The zero-order valence-electron chi connectivity index (χ0n) is 12.2. The van der Waals surface area contributed by atoms with Crippen LogP contribution in [0.1, 0.15) is 39.0 Å². The van der Waals surface area contributed by atoms with Crippen LogP contribution in [0.4, 0.5) is 0 Å². The largest absolute Gasteiger partial charge is 0.354 e. The Hall–Kier alpha value is -0.370. The summed E-state index contributed by atoms with van der Waals surface area (Å²) in [5.74, 6) is -0.00658. The van der Waals surface area contributed by atoms with E-state index in [1.54, 1.807) is 14.0 Å². The van der Waals surface area contributed by atoms with Gasteiger partial charge in [-0.05, 0) is 26.2 Å². The van der Waals surface area contributed by atoms with E-state index in [9.17, 15) is 13.2 Å². The molecule has 1 aliphatic rings. The summed E-state index contributed by atoms with van der Waals surface area (Å²) in [5, 5.41) is 2.80. The van der Waals surface area contributed by atoms with Crippen molar-refractivity contribution in [2.75, 3.05) is 25.9 Å². The number of hydrogen-bond donors (Lipinski definition) is 2. The van der Waals surface area contributed by atoms with E-state index in [2.05, 4.69) is 5.32 Å². The highest BCUT2D eigenvalue weighted by molar-refractivity contribution is 7.89. The fraction of sp³-hybridized carbons (Fsp3) is 0.917. The van der Waals surface area contributed by atoms with Crippen molar-refractivity contribution in [2.45, 2.75) is 44.6 Å². The summed E-state index contributed by atoms with van der Waals surface area (Å²) in [6.45, 7) is 2.49. The number of nitrogens with one attached hydrogen (secondary N) is 1. The lowest BCUT2D eigenvalue weighted by Crippen LogP contribution is -2.52. The SMILES string of the molecule is CCS(=O)(=O)N(C)CCCNC(=O)C1(N)CCCC1.Cl. The average molecular weight is 328 g/mol. The molecule has 0 spiro atoms. The second-order valence-electron chi connectivity index (χ2n) is 5.19. The number of halogens is 1. The van der Waals surface area contributed by atoms with E-state index in [0.29, 0.717) is 19.5 Å². The minimum Gasteiger partial charge on any atom is -0.354 e. The fourth-order valence-electron chi connectivity index (χ4n) is 2.27. The van der Waals surface area contributed by atoms with Gasteiger partial charge in [-0.15, -0.1) is 12.4 Å². The molecule has 0 heterocycles. The molecule has 6 nitrogen and oxygen atoms in total. The Bertz CT molecular complexity index is 408. The van der Waals surface area contributed by atoms with E-state index in [4.69, 9.17) is 5.73 Å². The van der Waals surface area contributed by atoms with Crippen LogP contribution >= 0.6 is 12.4 Å². The summed E-state index contributed by atoms with van der Waals surface area (Å²) in [6, 6.07) is 0. The van der Waals surface area contributed by atoms with Crippen LogP contribution in [0.5, 0.6) is 0 Å². The van der Waals surface area contributed by atoms with Crippen LogP contribution in [0.25, 0.3) is 0 Å². The van der Waals surface area contributed by atoms with Gasteiger partial charge in [0.2, 0.25) is 15.9 Å². The Labute approximate surface area is 127 Å². The first-order valence-corrected chi connectivity index (χ1v) is 8.44. The molecule has 3 N–H and O–H groups in total. The van der Waals surface area contributed by atoms with Gasteiger partial charge in [-0.25, -0.2) is 12.7 Å². The molecule has 1 fully saturated rings. The maximum atomic E-state index is 11.9. The van der Waals surface area contributed by atoms with E-state index < -0.39 is 15.6 Å². The predicted octanol–water partition coefficient (Wildman–Crippen LogP) is 0.468. The third-order valence-electron chi connectivity index (χ3n) is 3.72. The maximum Gasteiger partial charge on any atom is 0.240 e. The maximum absolute atomic E-state index is 11.9. The summed E-state index contributed by atoms with van der Waals surface area (Å²) >= 11 is 0. The Morgan fingerprint density at radius 2 is 1.90 bits per heavy atom. The molecule has 1 rings (SSSR count). The molecular weight excluding hydrogens is 302 g/mol. The molecule has 20 heavy (non-hydrogen) atoms. The minimum atomic E-state index is -3.13. The van der Waals surface area contributed by atoms with E-state index in [1.165, 1.54) is 4.31 Å². The molecule has 0 aromatic rings. The van der Waals surface area contributed by atoms with Crippen molar-refractivity contribution in [1.82, 2.24) is 9.62 Å². The number of nitrogens with zero attached hydrogens (tertiary/aromatic N) is 1. The topological polar surface area (TPSA) is 92.5 Å². The van der Waals surface area contributed by atoms with Crippen LogP contribution in [0.15, 0.2) is 0 Å². The van der Waals surface area contributed by atoms with E-state index in [-0.39, 0.29) is 24.1 Å². The van der Waals surface area contributed by atoms with E-state index in [0.717, 1.165) is 25.7 Å². The van der Waals surface area contributed by atoms with Crippen LogP contribution in [0.2, 0.25) is 0 Å². The van der Waals surface area contributed by atoms with Gasteiger partial charge in [-0.2, -0.15) is 0 Å². The first kappa shape index (κ1) is 19.6. The summed E-state index contributed by atoms with van der Waals surface area (Å²) in [5.41, 5.74) is 5.31. The quantitative estimate of drug-likeness (QED) is 0.665. The van der Waals surface area contributed by atoms with Crippen molar-refractivity contribution in [3.05, 3.63) is 0 Å². The smallest absolute Gasteiger partial charge is 0.240 e. The van der Waals surface area contributed by atoms with Crippen LogP contribution in [-0.2, 0) is 14.8 Å². The Balaban J connectivity index is 0.00000361. The van der Waals surface area contributed by atoms with Gasteiger partial charge in [0.05, 0.1) is 11.3 Å². The second-order valence-corrected chi connectivity index (χ2v) is 7.56. The molecule has 1 aliphatic carbocycles. The van der Waals surface area contributed by atoms with Gasteiger partial charge in [0, 0.05) is 20.1 Å². The van der Waals surface area contributed by atoms with E-state index >= 15 is 0 Å². The number of nitrogens with two attached hydrogens (primary N) is 1. The first-order chi connectivity index (χ1) is 8.82. The van der Waals surface area contributed by atoms with Gasteiger partial charge >= 0.3 is 0 Å². The molecule has 0 unspecified atom stereocenters. The van der Waals surface area contributed by atoms with Crippen LogP contribution in [-0.4, -0.2) is 50.1 Å². The average Bonchev–Trinajstić information content (AvgIpc) is 2.82. The number of carbonyl (C=O) groups is 1. The molecule has 0 atom stereocenters. The Morgan fingerprint density at radius 1 is 1.35 bits per heavy atom. The number of rotatable bonds is 7. The van der Waals surface area contributed by atoms with Crippen molar-refractivity contribution in [3.63, 3.8) is 0 Å². The molecule has 0 aromatic heterocycles. The van der Waals surface area contributed by atoms with Gasteiger partial charge < -0.3 is 11.1 Å². The summed E-state index contributed by atoms with van der Waals surface area (Å²) in [4.78, 5) is 11.9. The van der Waals surface area contributed by atoms with Crippen molar-refractivity contribution in [3.8, 4) is 0 Å². The second kappa shape index (κ2) is 8.17. The van der Waals surface area contributed by atoms with Crippen molar-refractivity contribution < 1.29 is 13.2 Å². The molecule has 0 bridgehead atoms. The Kier molecular flexibility index (Phi) is 8.01. The molecule has 0 aliphatic heterocycles. The van der Waals surface area contributed by atoms with Crippen molar-refractivity contribution in [1.29, 1.82) is 0 Å². The van der Waals surface area contributed by atoms with Crippen LogP contribution in [0.3, 0.4) is 0 Å². The lowest BCUT2D eigenvalue weighted by Gasteiger charge is -2.22. The summed E-state index contributed by atoms with van der Waals surface area (Å²) < 4.78 is 24.3. The molecule has 1 amide bonds. The molecule has 0 saturated heterocycles. The first-order valence-electron chi connectivity index (χ1n) is 6.83. The van der Waals surface area contributed by atoms with Crippen molar-refractivity contribution >= 4 is 28.3 Å². The molecule has 120 valence electrons. The minimum absolute atomic E-state index is 0. The number of sulfonamides is 1. The van der Waals surface area contributed by atoms with Gasteiger partial charge in [0.25, 0.3) is 0 Å². The normalized spacial score (nSPS) is 17.8. The zero-order chi connectivity index (χ0) is 14.5. The molecule has 0 aromatic carbocycles. The molecular formula is C12H26ClN3O3S. The third kappa shape index (κ3) is 5.20. The van der Waals surface area contributed by atoms with E-state index in [1.807, 2.05) is 0 Å². The monoisotopic (exact) mass is 327 g/mol. The molecule has 1 saturated carbocycles. The van der Waals surface area contributed by atoms with Gasteiger partial charge in [-0.1, -0.05) is 12.8 Å². The molecule has 8 heteroatoms. The highest BCUT2D eigenvalue weighted by Crippen LogP contribution is 2.27. The molecule has 0 radical (unpaired) electrons. The highest BCUT2D eigenvalue weighted by atomic mass is 35.5. The number of hydrogen-bond acceptors (Lipinski definition) is 4. The lowest BCUT2D eigenvalue weighted by atomic mass is 9.98. The number of carbonyl (C=O) groups excluding carboxylic acids is 1. The van der Waals surface area contributed by atoms with Crippen LogP contribution < -0.4 is 11.1 Å². The Morgan fingerprint density at radius 3 is 2.40 bits per heavy atom. The van der Waals surface area contributed by atoms with Gasteiger partial charge in [-0.3, -0.25) is 4.79 Å². The zero-order valence-corrected chi connectivity index (χ0v) is 13.9.